The SMILES string of the molecule is CC.COc1cc2c(CO)cnc(Cc3cc(OC(C)C)ccc3F)c2cc1OC. The van der Waals surface area contributed by atoms with Gasteiger partial charge in [-0.25, -0.2) is 4.39 Å². The van der Waals surface area contributed by atoms with E-state index in [1.807, 2.05) is 33.8 Å². The maximum absolute atomic E-state index is 14.4. The van der Waals surface area contributed by atoms with Crippen LogP contribution in [-0.2, 0) is 13.0 Å². The summed E-state index contributed by atoms with van der Waals surface area (Å²) in [6.45, 7) is 7.68. The molecule has 5 nitrogen and oxygen atoms in total. The summed E-state index contributed by atoms with van der Waals surface area (Å²) >= 11 is 0. The van der Waals surface area contributed by atoms with Crippen LogP contribution in [0.4, 0.5) is 4.39 Å². The molecule has 3 rings (SSSR count). The van der Waals surface area contributed by atoms with Crippen molar-refractivity contribution in [2.45, 2.75) is 46.8 Å². The first kappa shape index (κ1) is 23.4. The van der Waals surface area contributed by atoms with E-state index in [-0.39, 0.29) is 24.9 Å². The molecule has 1 aromatic heterocycles. The van der Waals surface area contributed by atoms with E-state index < -0.39 is 0 Å². The number of pyridine rings is 1. The summed E-state index contributed by atoms with van der Waals surface area (Å²) < 4.78 is 30.9. The first-order chi connectivity index (χ1) is 14.5. The number of fused-ring (bicyclic) bond motifs is 1. The topological polar surface area (TPSA) is 60.8 Å². The largest absolute Gasteiger partial charge is 0.493 e. The van der Waals surface area contributed by atoms with Gasteiger partial charge in [0, 0.05) is 23.6 Å². The number of ether oxygens (including phenoxy) is 3. The number of methoxy groups -OCH3 is 2. The molecule has 0 atom stereocenters. The van der Waals surface area contributed by atoms with Crippen LogP contribution in [-0.4, -0.2) is 30.4 Å². The van der Waals surface area contributed by atoms with Gasteiger partial charge < -0.3 is 19.3 Å². The standard InChI is InChI=1S/C22H24FNO4.C2H6/c1-13(2)28-16-5-6-19(23)14(7-16)8-20-18-10-22(27-4)21(26-3)9-17(18)15(12-25)11-24-20;1-2/h5-7,9-11,13,25H,8,12H2,1-4H3;1-2H3. The van der Waals surface area contributed by atoms with E-state index in [0.717, 1.165) is 10.8 Å². The minimum absolute atomic E-state index is 0.00201. The summed E-state index contributed by atoms with van der Waals surface area (Å²) in [6.07, 6.45) is 1.88. The Morgan fingerprint density at radius 3 is 2.17 bits per heavy atom. The number of rotatable bonds is 7. The van der Waals surface area contributed by atoms with E-state index in [1.165, 1.54) is 6.07 Å². The summed E-state index contributed by atoms with van der Waals surface area (Å²) in [5.74, 6) is 1.39. The third-order valence-electron chi connectivity index (χ3n) is 4.47. The number of hydrogen-bond donors (Lipinski definition) is 1. The predicted molar refractivity (Wildman–Crippen MR) is 117 cm³/mol. The van der Waals surface area contributed by atoms with Gasteiger partial charge in [0.05, 0.1) is 32.6 Å². The number of nitrogens with zero attached hydrogens (tertiary/aromatic N) is 1. The average Bonchev–Trinajstić information content (AvgIpc) is 2.76. The van der Waals surface area contributed by atoms with Crippen LogP contribution in [0.3, 0.4) is 0 Å². The zero-order valence-electron chi connectivity index (χ0n) is 18.5. The molecule has 0 unspecified atom stereocenters. The molecule has 2 aromatic carbocycles. The summed E-state index contributed by atoms with van der Waals surface area (Å²) in [5, 5.41) is 11.3. The monoisotopic (exact) mass is 415 g/mol. The Morgan fingerprint density at radius 1 is 0.967 bits per heavy atom. The molecule has 0 bridgehead atoms. The normalized spacial score (nSPS) is 10.6. The van der Waals surface area contributed by atoms with Crippen molar-refractivity contribution in [3.05, 3.63) is 59.2 Å². The fourth-order valence-corrected chi connectivity index (χ4v) is 3.16. The van der Waals surface area contributed by atoms with E-state index in [4.69, 9.17) is 14.2 Å². The van der Waals surface area contributed by atoms with E-state index in [9.17, 15) is 9.50 Å². The van der Waals surface area contributed by atoms with Gasteiger partial charge in [-0.1, -0.05) is 13.8 Å². The first-order valence-electron chi connectivity index (χ1n) is 10.0. The van der Waals surface area contributed by atoms with Crippen molar-refractivity contribution in [1.82, 2.24) is 4.98 Å². The van der Waals surface area contributed by atoms with Crippen LogP contribution < -0.4 is 14.2 Å². The van der Waals surface area contributed by atoms with E-state index >= 15 is 0 Å². The number of hydrogen-bond acceptors (Lipinski definition) is 5. The van der Waals surface area contributed by atoms with Crippen LogP contribution in [0.15, 0.2) is 36.5 Å². The molecule has 0 aliphatic carbocycles. The van der Waals surface area contributed by atoms with E-state index in [1.54, 1.807) is 38.6 Å². The Hall–Kier alpha value is -2.86. The Bertz CT molecular complexity index is 989. The van der Waals surface area contributed by atoms with Gasteiger partial charge in [-0.3, -0.25) is 4.98 Å². The highest BCUT2D eigenvalue weighted by atomic mass is 19.1. The van der Waals surface area contributed by atoms with Crippen molar-refractivity contribution in [2.24, 2.45) is 0 Å². The molecule has 0 radical (unpaired) electrons. The van der Waals surface area contributed by atoms with Crippen molar-refractivity contribution >= 4 is 10.8 Å². The van der Waals surface area contributed by atoms with Gasteiger partial charge in [0.2, 0.25) is 0 Å². The molecular formula is C24H30FNO4. The summed E-state index contributed by atoms with van der Waals surface area (Å²) in [5.41, 5.74) is 1.82. The molecule has 0 spiro atoms. The highest BCUT2D eigenvalue weighted by Gasteiger charge is 2.15. The smallest absolute Gasteiger partial charge is 0.161 e. The van der Waals surface area contributed by atoms with Gasteiger partial charge in [0.15, 0.2) is 11.5 Å². The van der Waals surface area contributed by atoms with Crippen LogP contribution in [0.25, 0.3) is 10.8 Å². The molecule has 0 aliphatic rings. The second-order valence-corrected chi connectivity index (χ2v) is 6.74. The predicted octanol–water partition coefficient (Wildman–Crippen LogP) is 5.29. The Morgan fingerprint density at radius 2 is 1.60 bits per heavy atom. The molecule has 0 saturated heterocycles. The number of benzene rings is 2. The van der Waals surface area contributed by atoms with Crippen molar-refractivity contribution < 1.29 is 23.7 Å². The molecule has 3 aromatic rings. The number of aliphatic hydroxyl groups is 1. The van der Waals surface area contributed by atoms with Crippen molar-refractivity contribution in [2.75, 3.05) is 14.2 Å². The van der Waals surface area contributed by atoms with Crippen molar-refractivity contribution in [3.63, 3.8) is 0 Å². The molecule has 30 heavy (non-hydrogen) atoms. The van der Waals surface area contributed by atoms with Gasteiger partial charge in [-0.05, 0) is 55.1 Å². The molecular weight excluding hydrogens is 385 g/mol. The molecule has 6 heteroatoms. The molecule has 0 fully saturated rings. The number of aliphatic hydroxyl groups excluding tert-OH is 1. The van der Waals surface area contributed by atoms with Gasteiger partial charge in [-0.2, -0.15) is 0 Å². The van der Waals surface area contributed by atoms with Gasteiger partial charge in [0.1, 0.15) is 11.6 Å². The first-order valence-corrected chi connectivity index (χ1v) is 10.0. The lowest BCUT2D eigenvalue weighted by atomic mass is 9.99. The third-order valence-corrected chi connectivity index (χ3v) is 4.47. The molecule has 0 aliphatic heterocycles. The number of halogens is 1. The van der Waals surface area contributed by atoms with Crippen molar-refractivity contribution in [1.29, 1.82) is 0 Å². The Balaban J connectivity index is 0.00000155. The maximum Gasteiger partial charge on any atom is 0.161 e. The molecule has 0 saturated carbocycles. The second-order valence-electron chi connectivity index (χ2n) is 6.74. The van der Waals surface area contributed by atoms with Crippen LogP contribution in [0.2, 0.25) is 0 Å². The molecule has 162 valence electrons. The van der Waals surface area contributed by atoms with Gasteiger partial charge >= 0.3 is 0 Å². The van der Waals surface area contributed by atoms with Gasteiger partial charge in [-0.15, -0.1) is 0 Å². The van der Waals surface area contributed by atoms with Crippen LogP contribution in [0, 0.1) is 5.82 Å². The lowest BCUT2D eigenvalue weighted by molar-refractivity contribution is 0.242. The Kier molecular flexibility index (Phi) is 8.42. The molecule has 1 heterocycles. The Labute approximate surface area is 177 Å². The second kappa shape index (κ2) is 10.8. The lowest BCUT2D eigenvalue weighted by Crippen LogP contribution is -2.06. The third kappa shape index (κ3) is 5.19. The maximum atomic E-state index is 14.4. The minimum atomic E-state index is -0.322. The zero-order valence-corrected chi connectivity index (χ0v) is 18.5. The van der Waals surface area contributed by atoms with Gasteiger partial charge in [0.25, 0.3) is 0 Å². The van der Waals surface area contributed by atoms with Crippen LogP contribution in [0.1, 0.15) is 44.5 Å². The molecule has 0 amide bonds. The fourth-order valence-electron chi connectivity index (χ4n) is 3.16. The summed E-state index contributed by atoms with van der Waals surface area (Å²) in [6, 6.07) is 8.33. The van der Waals surface area contributed by atoms with Crippen molar-refractivity contribution in [3.8, 4) is 17.2 Å². The molecule has 1 N–H and O–H groups in total. The average molecular weight is 416 g/mol. The van der Waals surface area contributed by atoms with Crippen LogP contribution in [0.5, 0.6) is 17.2 Å². The lowest BCUT2D eigenvalue weighted by Gasteiger charge is -2.15. The quantitative estimate of drug-likeness (QED) is 0.568. The summed E-state index contributed by atoms with van der Waals surface area (Å²) in [7, 11) is 3.11. The highest BCUT2D eigenvalue weighted by Crippen LogP contribution is 2.35. The summed E-state index contributed by atoms with van der Waals surface area (Å²) in [4.78, 5) is 4.47. The van der Waals surface area contributed by atoms with E-state index in [2.05, 4.69) is 4.98 Å². The minimum Gasteiger partial charge on any atom is -0.493 e. The van der Waals surface area contributed by atoms with E-state index in [0.29, 0.717) is 34.1 Å². The highest BCUT2D eigenvalue weighted by molar-refractivity contribution is 5.90. The number of aromatic nitrogens is 1. The van der Waals surface area contributed by atoms with Crippen LogP contribution >= 0.6 is 0 Å². The fraction of sp³-hybridized carbons (Fsp3) is 0.375. The zero-order chi connectivity index (χ0) is 22.3.